The zero-order valence-electron chi connectivity index (χ0n) is 17.2. The summed E-state index contributed by atoms with van der Waals surface area (Å²) < 4.78 is 5.21. The zero-order valence-corrected chi connectivity index (χ0v) is 18.0. The predicted molar refractivity (Wildman–Crippen MR) is 118 cm³/mol. The molecule has 0 atom stereocenters. The number of aryl methyl sites for hydroxylation is 1. The second-order valence-corrected chi connectivity index (χ2v) is 8.32. The van der Waals surface area contributed by atoms with E-state index in [1.165, 1.54) is 0 Å². The van der Waals surface area contributed by atoms with Crippen LogP contribution in [0.3, 0.4) is 0 Å². The van der Waals surface area contributed by atoms with E-state index < -0.39 is 0 Å². The molecular weight excluding hydrogens is 398 g/mol. The van der Waals surface area contributed by atoms with Crippen LogP contribution in [0.5, 0.6) is 11.5 Å². The number of aromatic hydroxyl groups is 1. The third-order valence-electron chi connectivity index (χ3n) is 5.32. The van der Waals surface area contributed by atoms with E-state index in [4.69, 9.17) is 9.72 Å². The number of phenolic OH excluding ortho intramolecular Hbond substituents is 1. The van der Waals surface area contributed by atoms with Crippen LogP contribution < -0.4 is 4.74 Å². The van der Waals surface area contributed by atoms with Crippen LogP contribution in [0, 0.1) is 6.92 Å². The number of amides is 1. The fraction of sp³-hybridized carbons (Fsp3) is 0.304. The van der Waals surface area contributed by atoms with Gasteiger partial charge in [-0.15, -0.1) is 11.3 Å². The Labute approximate surface area is 180 Å². The molecule has 156 valence electrons. The minimum absolute atomic E-state index is 0.0518. The third-order valence-corrected chi connectivity index (χ3v) is 6.26. The van der Waals surface area contributed by atoms with E-state index in [1.54, 1.807) is 30.6 Å². The molecule has 6 nitrogen and oxygen atoms in total. The minimum Gasteiger partial charge on any atom is -0.507 e. The largest absolute Gasteiger partial charge is 0.507 e. The van der Waals surface area contributed by atoms with Crippen LogP contribution in [-0.2, 0) is 6.54 Å². The molecule has 3 aromatic rings. The standard InChI is InChI=1S/C23H25N3O3S/c1-16-3-8-20(21(27)13-16)23(28)26-11-9-25(10-12-26)14-18-15-30-22(24-18)17-4-6-19(29-2)7-5-17/h3-8,13,15,27H,9-12,14H2,1-2H3. The first-order valence-electron chi connectivity index (χ1n) is 9.93. The summed E-state index contributed by atoms with van der Waals surface area (Å²) in [7, 11) is 1.66. The van der Waals surface area contributed by atoms with Gasteiger partial charge in [0.15, 0.2) is 0 Å². The second kappa shape index (κ2) is 8.85. The van der Waals surface area contributed by atoms with Gasteiger partial charge in [0.05, 0.1) is 18.4 Å². The summed E-state index contributed by atoms with van der Waals surface area (Å²) in [6, 6.07) is 13.1. The molecule has 0 saturated carbocycles. The lowest BCUT2D eigenvalue weighted by molar-refractivity contribution is 0.0624. The Morgan fingerprint density at radius 2 is 1.87 bits per heavy atom. The van der Waals surface area contributed by atoms with Crippen molar-refractivity contribution in [3.05, 3.63) is 64.7 Å². The van der Waals surface area contributed by atoms with Crippen LogP contribution in [-0.4, -0.2) is 59.1 Å². The summed E-state index contributed by atoms with van der Waals surface area (Å²) in [5, 5.41) is 13.2. The summed E-state index contributed by atoms with van der Waals surface area (Å²) in [4.78, 5) is 21.6. The number of benzene rings is 2. The van der Waals surface area contributed by atoms with Crippen molar-refractivity contribution in [1.29, 1.82) is 0 Å². The van der Waals surface area contributed by atoms with Crippen LogP contribution in [0.2, 0.25) is 0 Å². The molecule has 2 heterocycles. The Morgan fingerprint density at radius 3 is 2.53 bits per heavy atom. The number of ether oxygens (including phenoxy) is 1. The van der Waals surface area contributed by atoms with E-state index in [0.29, 0.717) is 18.7 Å². The van der Waals surface area contributed by atoms with Crippen molar-refractivity contribution in [2.75, 3.05) is 33.3 Å². The average Bonchev–Trinajstić information content (AvgIpc) is 3.22. The molecule has 1 aliphatic rings. The van der Waals surface area contributed by atoms with Gasteiger partial charge in [-0.2, -0.15) is 0 Å². The lowest BCUT2D eigenvalue weighted by Crippen LogP contribution is -2.48. The summed E-state index contributed by atoms with van der Waals surface area (Å²) in [6.07, 6.45) is 0. The van der Waals surface area contributed by atoms with Gasteiger partial charge in [0, 0.05) is 43.7 Å². The molecule has 1 amide bonds. The van der Waals surface area contributed by atoms with Gasteiger partial charge in [-0.1, -0.05) is 6.07 Å². The van der Waals surface area contributed by atoms with Gasteiger partial charge in [0.25, 0.3) is 5.91 Å². The van der Waals surface area contributed by atoms with Gasteiger partial charge in [-0.25, -0.2) is 4.98 Å². The molecule has 0 aliphatic carbocycles. The van der Waals surface area contributed by atoms with Crippen molar-refractivity contribution in [3.63, 3.8) is 0 Å². The zero-order chi connectivity index (χ0) is 21.1. The lowest BCUT2D eigenvalue weighted by atomic mass is 10.1. The number of rotatable bonds is 5. The number of carbonyl (C=O) groups is 1. The number of hydrogen-bond acceptors (Lipinski definition) is 6. The quantitative estimate of drug-likeness (QED) is 0.676. The van der Waals surface area contributed by atoms with E-state index in [9.17, 15) is 9.90 Å². The number of aromatic nitrogens is 1. The van der Waals surface area contributed by atoms with Gasteiger partial charge in [0.1, 0.15) is 16.5 Å². The first-order chi connectivity index (χ1) is 14.5. The lowest BCUT2D eigenvalue weighted by Gasteiger charge is -2.34. The number of phenols is 1. The molecule has 0 spiro atoms. The van der Waals surface area contributed by atoms with Gasteiger partial charge in [-0.3, -0.25) is 9.69 Å². The van der Waals surface area contributed by atoms with Gasteiger partial charge >= 0.3 is 0 Å². The highest BCUT2D eigenvalue weighted by molar-refractivity contribution is 7.13. The monoisotopic (exact) mass is 423 g/mol. The van der Waals surface area contributed by atoms with E-state index in [-0.39, 0.29) is 11.7 Å². The molecule has 1 N–H and O–H groups in total. The molecule has 30 heavy (non-hydrogen) atoms. The fourth-order valence-corrected chi connectivity index (χ4v) is 4.39. The number of thiazole rings is 1. The Balaban J connectivity index is 1.33. The van der Waals surface area contributed by atoms with Crippen molar-refractivity contribution in [2.45, 2.75) is 13.5 Å². The van der Waals surface area contributed by atoms with E-state index in [0.717, 1.165) is 47.2 Å². The van der Waals surface area contributed by atoms with Crippen LogP contribution >= 0.6 is 11.3 Å². The highest BCUT2D eigenvalue weighted by Gasteiger charge is 2.24. The maximum absolute atomic E-state index is 12.7. The molecule has 2 aromatic carbocycles. The molecule has 1 aliphatic heterocycles. The summed E-state index contributed by atoms with van der Waals surface area (Å²) >= 11 is 1.64. The van der Waals surface area contributed by atoms with Crippen LogP contribution in [0.25, 0.3) is 10.6 Å². The second-order valence-electron chi connectivity index (χ2n) is 7.46. The topological polar surface area (TPSA) is 65.9 Å². The maximum atomic E-state index is 12.7. The first kappa shape index (κ1) is 20.4. The number of methoxy groups -OCH3 is 1. The van der Waals surface area contributed by atoms with E-state index in [2.05, 4.69) is 10.3 Å². The van der Waals surface area contributed by atoms with E-state index >= 15 is 0 Å². The number of hydrogen-bond donors (Lipinski definition) is 1. The molecule has 0 radical (unpaired) electrons. The molecule has 0 bridgehead atoms. The normalized spacial score (nSPS) is 14.7. The van der Waals surface area contributed by atoms with Crippen LogP contribution in [0.4, 0.5) is 0 Å². The first-order valence-corrected chi connectivity index (χ1v) is 10.8. The van der Waals surface area contributed by atoms with E-state index in [1.807, 2.05) is 42.2 Å². The van der Waals surface area contributed by atoms with Crippen molar-refractivity contribution >= 4 is 17.2 Å². The summed E-state index contributed by atoms with van der Waals surface area (Å²) in [6.45, 7) is 5.51. The minimum atomic E-state index is -0.109. The van der Waals surface area contributed by atoms with Crippen molar-refractivity contribution < 1.29 is 14.6 Å². The molecule has 1 saturated heterocycles. The Bertz CT molecular complexity index is 1020. The molecule has 1 fully saturated rings. The number of nitrogens with zero attached hydrogens (tertiary/aromatic N) is 3. The van der Waals surface area contributed by atoms with Gasteiger partial charge in [0.2, 0.25) is 0 Å². The van der Waals surface area contributed by atoms with Crippen LogP contribution in [0.1, 0.15) is 21.6 Å². The smallest absolute Gasteiger partial charge is 0.257 e. The molecule has 7 heteroatoms. The van der Waals surface area contributed by atoms with Crippen LogP contribution in [0.15, 0.2) is 47.8 Å². The number of carbonyl (C=O) groups excluding carboxylic acids is 1. The van der Waals surface area contributed by atoms with Crippen molar-refractivity contribution in [2.24, 2.45) is 0 Å². The predicted octanol–water partition coefficient (Wildman–Crippen LogP) is 3.79. The van der Waals surface area contributed by atoms with Gasteiger partial charge < -0.3 is 14.7 Å². The SMILES string of the molecule is COc1ccc(-c2nc(CN3CCN(C(=O)c4ccc(C)cc4O)CC3)cs2)cc1. The number of piperazine rings is 1. The van der Waals surface area contributed by atoms with Crippen molar-refractivity contribution in [3.8, 4) is 22.1 Å². The third kappa shape index (κ3) is 4.47. The molecular formula is C23H25N3O3S. The Kier molecular flexibility index (Phi) is 6.01. The summed E-state index contributed by atoms with van der Waals surface area (Å²) in [5.41, 5.74) is 3.44. The Morgan fingerprint density at radius 1 is 1.13 bits per heavy atom. The fourth-order valence-electron chi connectivity index (χ4n) is 3.58. The highest BCUT2D eigenvalue weighted by Crippen LogP contribution is 2.26. The molecule has 4 rings (SSSR count). The highest BCUT2D eigenvalue weighted by atomic mass is 32.1. The Hall–Kier alpha value is -2.90. The van der Waals surface area contributed by atoms with Gasteiger partial charge in [-0.05, 0) is 48.9 Å². The average molecular weight is 424 g/mol. The molecule has 1 aromatic heterocycles. The maximum Gasteiger partial charge on any atom is 0.257 e. The summed E-state index contributed by atoms with van der Waals surface area (Å²) in [5.74, 6) is 0.778. The van der Waals surface area contributed by atoms with Crippen molar-refractivity contribution in [1.82, 2.24) is 14.8 Å². The molecule has 0 unspecified atom stereocenters.